The second-order valence-corrected chi connectivity index (χ2v) is 4.28. The monoisotopic (exact) mass is 242 g/mol. The van der Waals surface area contributed by atoms with E-state index in [1.54, 1.807) is 0 Å². The van der Waals surface area contributed by atoms with E-state index in [1.807, 2.05) is 13.8 Å². The molecule has 0 aliphatic heterocycles. The molecule has 0 heterocycles. The summed E-state index contributed by atoms with van der Waals surface area (Å²) in [6.45, 7) is 3.68. The van der Waals surface area contributed by atoms with Gasteiger partial charge in [-0.25, -0.2) is 8.78 Å². The van der Waals surface area contributed by atoms with Crippen molar-refractivity contribution in [3.05, 3.63) is 35.4 Å². The van der Waals surface area contributed by atoms with Gasteiger partial charge in [0.15, 0.2) is 5.78 Å². The maximum absolute atomic E-state index is 13.3. The van der Waals surface area contributed by atoms with E-state index in [0.29, 0.717) is 0 Å². The number of hydrogen-bond acceptors (Lipinski definition) is 2. The minimum absolute atomic E-state index is 0.00382. The van der Waals surface area contributed by atoms with Gasteiger partial charge in [0.1, 0.15) is 17.7 Å². The highest BCUT2D eigenvalue weighted by molar-refractivity contribution is 5.85. The van der Waals surface area contributed by atoms with Crippen LogP contribution in [-0.4, -0.2) is 19.0 Å². The van der Waals surface area contributed by atoms with Crippen LogP contribution in [-0.2, 0) is 16.0 Å². The predicted octanol–water partition coefficient (Wildman–Crippen LogP) is 2.75. The van der Waals surface area contributed by atoms with Crippen LogP contribution in [0.2, 0.25) is 0 Å². The number of carbonyl (C=O) groups excluding carboxylic acids is 1. The van der Waals surface area contributed by atoms with Gasteiger partial charge in [-0.15, -0.1) is 0 Å². The number of Topliss-reactive ketones (excluding diaryl/α,β-unsaturated/α-hetero) is 1. The molecule has 0 saturated carbocycles. The molecule has 0 aliphatic carbocycles. The predicted molar refractivity (Wildman–Crippen MR) is 60.7 cm³/mol. The average molecular weight is 242 g/mol. The van der Waals surface area contributed by atoms with Gasteiger partial charge in [-0.05, 0) is 29.7 Å². The highest BCUT2D eigenvalue weighted by atomic mass is 19.1. The van der Waals surface area contributed by atoms with Gasteiger partial charge in [0.25, 0.3) is 0 Å². The maximum Gasteiger partial charge on any atom is 0.166 e. The van der Waals surface area contributed by atoms with E-state index in [0.717, 1.165) is 18.2 Å². The molecule has 2 nitrogen and oxygen atoms in total. The Morgan fingerprint density at radius 3 is 2.53 bits per heavy atom. The van der Waals surface area contributed by atoms with Crippen LogP contribution in [0.5, 0.6) is 0 Å². The Morgan fingerprint density at radius 1 is 1.35 bits per heavy atom. The minimum atomic E-state index is -0.585. The maximum atomic E-state index is 13.3. The number of rotatable bonds is 5. The number of hydrogen-bond donors (Lipinski definition) is 0. The number of halogens is 2. The zero-order valence-corrected chi connectivity index (χ0v) is 10.2. The lowest BCUT2D eigenvalue weighted by molar-refractivity contribution is -0.130. The van der Waals surface area contributed by atoms with Crippen LogP contribution in [0.25, 0.3) is 0 Å². The molecule has 1 atom stereocenters. The van der Waals surface area contributed by atoms with Gasteiger partial charge < -0.3 is 4.74 Å². The van der Waals surface area contributed by atoms with Crippen molar-refractivity contribution in [1.82, 2.24) is 0 Å². The fourth-order valence-electron chi connectivity index (χ4n) is 1.74. The van der Waals surface area contributed by atoms with Crippen molar-refractivity contribution in [2.24, 2.45) is 5.92 Å². The Morgan fingerprint density at radius 2 is 2.00 bits per heavy atom. The molecule has 0 bridgehead atoms. The Kier molecular flexibility index (Phi) is 4.75. The summed E-state index contributed by atoms with van der Waals surface area (Å²) in [5, 5.41) is 0. The van der Waals surface area contributed by atoms with Crippen molar-refractivity contribution < 1.29 is 18.3 Å². The quantitative estimate of drug-likeness (QED) is 0.793. The van der Waals surface area contributed by atoms with Crippen LogP contribution >= 0.6 is 0 Å². The number of ether oxygens (including phenoxy) is 1. The molecule has 1 rings (SSSR count). The number of benzene rings is 1. The molecule has 94 valence electrons. The second kappa shape index (κ2) is 5.87. The SMILES string of the molecule is COC(C(=O)Cc1cc(F)ccc1F)C(C)C. The highest BCUT2D eigenvalue weighted by Gasteiger charge is 2.22. The van der Waals surface area contributed by atoms with Gasteiger partial charge in [0.05, 0.1) is 0 Å². The molecule has 0 amide bonds. The van der Waals surface area contributed by atoms with Crippen LogP contribution in [0.3, 0.4) is 0 Å². The summed E-state index contributed by atoms with van der Waals surface area (Å²) in [6, 6.07) is 3.09. The van der Waals surface area contributed by atoms with Gasteiger partial charge in [-0.1, -0.05) is 13.8 Å². The van der Waals surface area contributed by atoms with E-state index in [-0.39, 0.29) is 23.7 Å². The highest BCUT2D eigenvalue weighted by Crippen LogP contribution is 2.14. The molecular formula is C13H16F2O2. The second-order valence-electron chi connectivity index (χ2n) is 4.28. The number of carbonyl (C=O) groups is 1. The minimum Gasteiger partial charge on any atom is -0.373 e. The molecule has 17 heavy (non-hydrogen) atoms. The Labute approximate surface area is 99.6 Å². The summed E-state index contributed by atoms with van der Waals surface area (Å²) in [7, 11) is 1.44. The van der Waals surface area contributed by atoms with Gasteiger partial charge in [0.2, 0.25) is 0 Å². The Hall–Kier alpha value is -1.29. The molecule has 0 aromatic heterocycles. The zero-order valence-electron chi connectivity index (χ0n) is 10.2. The molecular weight excluding hydrogens is 226 g/mol. The third-order valence-corrected chi connectivity index (χ3v) is 2.55. The summed E-state index contributed by atoms with van der Waals surface area (Å²) < 4.78 is 31.3. The molecule has 0 aliphatic rings. The van der Waals surface area contributed by atoms with E-state index in [9.17, 15) is 13.6 Å². The van der Waals surface area contributed by atoms with Gasteiger partial charge in [-0.3, -0.25) is 4.79 Å². The van der Waals surface area contributed by atoms with Gasteiger partial charge >= 0.3 is 0 Å². The molecule has 1 aromatic carbocycles. The van der Waals surface area contributed by atoms with Crippen LogP contribution in [0, 0.1) is 17.6 Å². The first-order chi connectivity index (χ1) is 7.95. The molecule has 0 radical (unpaired) electrons. The Bertz CT molecular complexity index is 402. The van der Waals surface area contributed by atoms with Crippen molar-refractivity contribution >= 4 is 5.78 Å². The zero-order chi connectivity index (χ0) is 13.0. The lowest BCUT2D eigenvalue weighted by atomic mass is 9.97. The fourth-order valence-corrected chi connectivity index (χ4v) is 1.74. The van der Waals surface area contributed by atoms with Gasteiger partial charge in [0, 0.05) is 13.5 Å². The van der Waals surface area contributed by atoms with E-state index in [4.69, 9.17) is 4.74 Å². The molecule has 0 saturated heterocycles. The topological polar surface area (TPSA) is 26.3 Å². The first kappa shape index (κ1) is 13.8. The third-order valence-electron chi connectivity index (χ3n) is 2.55. The normalized spacial score (nSPS) is 12.8. The van der Waals surface area contributed by atoms with Crippen molar-refractivity contribution in [3.8, 4) is 0 Å². The molecule has 0 fully saturated rings. The summed E-state index contributed by atoms with van der Waals surface area (Å²) >= 11 is 0. The lowest BCUT2D eigenvalue weighted by Gasteiger charge is -2.17. The first-order valence-electron chi connectivity index (χ1n) is 5.45. The average Bonchev–Trinajstić information content (AvgIpc) is 2.24. The number of ketones is 1. The van der Waals surface area contributed by atoms with Gasteiger partial charge in [-0.2, -0.15) is 0 Å². The smallest absolute Gasteiger partial charge is 0.166 e. The molecule has 0 spiro atoms. The van der Waals surface area contributed by atoms with Crippen molar-refractivity contribution in [2.75, 3.05) is 7.11 Å². The molecule has 4 heteroatoms. The Balaban J connectivity index is 2.83. The summed E-state index contributed by atoms with van der Waals surface area (Å²) in [6.07, 6.45) is -0.738. The number of methoxy groups -OCH3 is 1. The van der Waals surface area contributed by atoms with Crippen LogP contribution in [0.15, 0.2) is 18.2 Å². The molecule has 1 unspecified atom stereocenters. The molecule has 1 aromatic rings. The first-order valence-corrected chi connectivity index (χ1v) is 5.45. The largest absolute Gasteiger partial charge is 0.373 e. The van der Waals surface area contributed by atoms with E-state index >= 15 is 0 Å². The summed E-state index contributed by atoms with van der Waals surface area (Å²) in [5.74, 6) is -1.36. The standard InChI is InChI=1S/C13H16F2O2/c1-8(2)13(17-3)12(16)7-9-6-10(14)4-5-11(9)15/h4-6,8,13H,7H2,1-3H3. The third kappa shape index (κ3) is 3.60. The van der Waals surface area contributed by atoms with Crippen molar-refractivity contribution in [1.29, 1.82) is 0 Å². The lowest BCUT2D eigenvalue weighted by Crippen LogP contribution is -2.30. The van der Waals surface area contributed by atoms with E-state index in [2.05, 4.69) is 0 Å². The van der Waals surface area contributed by atoms with Crippen LogP contribution in [0.4, 0.5) is 8.78 Å². The van der Waals surface area contributed by atoms with Crippen LogP contribution in [0.1, 0.15) is 19.4 Å². The van der Waals surface area contributed by atoms with Crippen molar-refractivity contribution in [3.63, 3.8) is 0 Å². The molecule has 0 N–H and O–H groups in total. The van der Waals surface area contributed by atoms with E-state index in [1.165, 1.54) is 7.11 Å². The fraction of sp³-hybridized carbons (Fsp3) is 0.462. The summed E-state index contributed by atoms with van der Waals surface area (Å²) in [4.78, 5) is 11.8. The van der Waals surface area contributed by atoms with Crippen LogP contribution < -0.4 is 0 Å². The summed E-state index contributed by atoms with van der Waals surface area (Å²) in [5.41, 5.74) is 0.0673. The van der Waals surface area contributed by atoms with Crippen molar-refractivity contribution in [2.45, 2.75) is 26.4 Å². The van der Waals surface area contributed by atoms with E-state index < -0.39 is 17.7 Å².